The van der Waals surface area contributed by atoms with Crippen molar-refractivity contribution in [1.29, 1.82) is 0 Å². The average Bonchev–Trinajstić information content (AvgIpc) is 2.27. The lowest BCUT2D eigenvalue weighted by atomic mass is 10.0. The van der Waals surface area contributed by atoms with Gasteiger partial charge in [0.15, 0.2) is 0 Å². The Morgan fingerprint density at radius 3 is 2.47 bits per heavy atom. The van der Waals surface area contributed by atoms with Gasteiger partial charge in [-0.1, -0.05) is 0 Å². The molecule has 0 spiro atoms. The van der Waals surface area contributed by atoms with Gasteiger partial charge in [0.2, 0.25) is 5.91 Å². The molecule has 1 atom stereocenters. The fraction of sp³-hybridized carbons (Fsp3) is 0.625. The molecule has 84 valence electrons. The van der Waals surface area contributed by atoms with E-state index in [2.05, 4.69) is 0 Å². The molecular weight excluding hydrogens is 200 g/mol. The molecule has 1 fully saturated rings. The van der Waals surface area contributed by atoms with Crippen LogP contribution in [-0.2, 0) is 14.4 Å². The van der Waals surface area contributed by atoms with Crippen molar-refractivity contribution in [3.63, 3.8) is 0 Å². The minimum absolute atomic E-state index is 0.361. The Morgan fingerprint density at radius 2 is 1.93 bits per heavy atom. The van der Waals surface area contributed by atoms with Crippen molar-refractivity contribution in [1.82, 2.24) is 10.3 Å². The topological polar surface area (TPSA) is 119 Å². The summed E-state index contributed by atoms with van der Waals surface area (Å²) in [5.41, 5.74) is 6.88. The lowest BCUT2D eigenvalue weighted by Gasteiger charge is -2.32. The number of carbonyl (C=O) groups excluding carboxylic acids is 3. The number of nitrogens with one attached hydrogen (secondary N) is 1. The summed E-state index contributed by atoms with van der Waals surface area (Å²) in [6.45, 7) is 0.361. The molecular formula is C8H14N4O3. The zero-order chi connectivity index (χ0) is 11.4. The van der Waals surface area contributed by atoms with Gasteiger partial charge in [-0.3, -0.25) is 19.8 Å². The third kappa shape index (κ3) is 2.44. The van der Waals surface area contributed by atoms with Gasteiger partial charge in [-0.25, -0.2) is 5.84 Å². The maximum absolute atomic E-state index is 11.5. The molecule has 0 bridgehead atoms. The predicted octanol–water partition coefficient (Wildman–Crippen LogP) is -2.16. The summed E-state index contributed by atoms with van der Waals surface area (Å²) in [4.78, 5) is 34.7. The zero-order valence-corrected chi connectivity index (χ0v) is 8.23. The second-order valence-corrected chi connectivity index (χ2v) is 3.39. The lowest BCUT2D eigenvalue weighted by molar-refractivity contribution is -0.150. The Kier molecular flexibility index (Phi) is 3.62. The third-order valence-corrected chi connectivity index (χ3v) is 2.42. The van der Waals surface area contributed by atoms with Gasteiger partial charge in [-0.05, 0) is 19.3 Å². The summed E-state index contributed by atoms with van der Waals surface area (Å²) in [6, 6.07) is -0.691. The number of nitrogens with zero attached hydrogens (tertiary/aromatic N) is 1. The minimum atomic E-state index is -0.928. The van der Waals surface area contributed by atoms with Crippen LogP contribution in [0.25, 0.3) is 0 Å². The number of hydrogen-bond acceptors (Lipinski definition) is 4. The van der Waals surface area contributed by atoms with Crippen LogP contribution in [0, 0.1) is 0 Å². The summed E-state index contributed by atoms with van der Waals surface area (Å²) >= 11 is 0. The van der Waals surface area contributed by atoms with Gasteiger partial charge in [0.25, 0.3) is 0 Å². The first-order valence-corrected chi connectivity index (χ1v) is 4.68. The van der Waals surface area contributed by atoms with Crippen LogP contribution < -0.4 is 17.0 Å². The van der Waals surface area contributed by atoms with E-state index in [0.717, 1.165) is 12.8 Å². The number of piperidine rings is 1. The van der Waals surface area contributed by atoms with E-state index in [4.69, 9.17) is 11.6 Å². The highest BCUT2D eigenvalue weighted by Gasteiger charge is 2.33. The monoisotopic (exact) mass is 214 g/mol. The van der Waals surface area contributed by atoms with Crippen molar-refractivity contribution in [2.75, 3.05) is 6.54 Å². The largest absolute Gasteiger partial charge is 0.368 e. The van der Waals surface area contributed by atoms with Gasteiger partial charge >= 0.3 is 11.8 Å². The predicted molar refractivity (Wildman–Crippen MR) is 50.9 cm³/mol. The Bertz CT molecular complexity index is 292. The molecule has 0 aromatic carbocycles. The van der Waals surface area contributed by atoms with E-state index in [1.54, 1.807) is 5.43 Å². The SMILES string of the molecule is NNC(=O)C(=O)N1CCCCC1C(N)=O. The summed E-state index contributed by atoms with van der Waals surface area (Å²) in [5.74, 6) is 2.52. The van der Waals surface area contributed by atoms with Crippen molar-refractivity contribution in [2.45, 2.75) is 25.3 Å². The van der Waals surface area contributed by atoms with E-state index in [-0.39, 0.29) is 0 Å². The lowest BCUT2D eigenvalue weighted by Crippen LogP contribution is -2.55. The summed E-state index contributed by atoms with van der Waals surface area (Å²) in [5, 5.41) is 0. The first kappa shape index (κ1) is 11.4. The molecule has 5 N–H and O–H groups in total. The van der Waals surface area contributed by atoms with Crippen molar-refractivity contribution in [3.8, 4) is 0 Å². The fourth-order valence-corrected chi connectivity index (χ4v) is 1.66. The molecule has 1 aliphatic heterocycles. The molecule has 1 saturated heterocycles. The van der Waals surface area contributed by atoms with Gasteiger partial charge in [0, 0.05) is 6.54 Å². The highest BCUT2D eigenvalue weighted by atomic mass is 16.2. The number of hydrogen-bond donors (Lipinski definition) is 3. The normalized spacial score (nSPS) is 20.9. The molecule has 3 amide bonds. The van der Waals surface area contributed by atoms with E-state index in [9.17, 15) is 14.4 Å². The first-order valence-electron chi connectivity index (χ1n) is 4.68. The van der Waals surface area contributed by atoms with Crippen LogP contribution in [0.15, 0.2) is 0 Å². The molecule has 1 unspecified atom stereocenters. The molecule has 0 aliphatic carbocycles. The summed E-state index contributed by atoms with van der Waals surface area (Å²) < 4.78 is 0. The molecule has 0 saturated carbocycles. The standard InChI is InChI=1S/C8H14N4O3/c9-6(13)5-3-1-2-4-12(5)8(15)7(14)11-10/h5H,1-4,10H2,(H2,9,13)(H,11,14). The second kappa shape index (κ2) is 4.74. The van der Waals surface area contributed by atoms with Crippen molar-refractivity contribution < 1.29 is 14.4 Å². The van der Waals surface area contributed by atoms with Crippen molar-refractivity contribution in [3.05, 3.63) is 0 Å². The molecule has 7 nitrogen and oxygen atoms in total. The van der Waals surface area contributed by atoms with Crippen LogP contribution in [0.4, 0.5) is 0 Å². The van der Waals surface area contributed by atoms with Crippen LogP contribution in [0.3, 0.4) is 0 Å². The molecule has 0 aromatic rings. The molecule has 0 aromatic heterocycles. The zero-order valence-electron chi connectivity index (χ0n) is 8.23. The first-order chi connectivity index (χ1) is 7.07. The maximum Gasteiger partial charge on any atom is 0.323 e. The Balaban J connectivity index is 2.76. The Hall–Kier alpha value is -1.63. The van der Waals surface area contributed by atoms with Crippen LogP contribution in [0.5, 0.6) is 0 Å². The van der Waals surface area contributed by atoms with Crippen LogP contribution in [0.1, 0.15) is 19.3 Å². The van der Waals surface area contributed by atoms with E-state index in [0.29, 0.717) is 13.0 Å². The number of hydrazine groups is 1. The van der Waals surface area contributed by atoms with E-state index >= 15 is 0 Å². The Morgan fingerprint density at radius 1 is 1.27 bits per heavy atom. The van der Waals surface area contributed by atoms with Gasteiger partial charge in [-0.2, -0.15) is 0 Å². The van der Waals surface area contributed by atoms with Gasteiger partial charge < -0.3 is 10.6 Å². The van der Waals surface area contributed by atoms with Crippen LogP contribution in [0.2, 0.25) is 0 Å². The molecule has 1 heterocycles. The number of carbonyl (C=O) groups is 3. The second-order valence-electron chi connectivity index (χ2n) is 3.39. The molecule has 1 aliphatic rings. The highest BCUT2D eigenvalue weighted by molar-refractivity contribution is 6.35. The van der Waals surface area contributed by atoms with Gasteiger partial charge in [-0.15, -0.1) is 0 Å². The fourth-order valence-electron chi connectivity index (χ4n) is 1.66. The Labute approximate surface area is 86.7 Å². The highest BCUT2D eigenvalue weighted by Crippen LogP contribution is 2.16. The van der Waals surface area contributed by atoms with E-state index in [1.807, 2.05) is 0 Å². The molecule has 15 heavy (non-hydrogen) atoms. The number of nitrogens with two attached hydrogens (primary N) is 2. The summed E-state index contributed by atoms with van der Waals surface area (Å²) in [6.07, 6.45) is 2.08. The van der Waals surface area contributed by atoms with E-state index < -0.39 is 23.8 Å². The van der Waals surface area contributed by atoms with Gasteiger partial charge in [0.05, 0.1) is 0 Å². The maximum atomic E-state index is 11.5. The number of rotatable bonds is 1. The van der Waals surface area contributed by atoms with Crippen LogP contribution >= 0.6 is 0 Å². The molecule has 0 radical (unpaired) electrons. The minimum Gasteiger partial charge on any atom is -0.368 e. The molecule has 7 heteroatoms. The molecule has 1 rings (SSSR count). The number of likely N-dealkylation sites (tertiary alicyclic amines) is 1. The van der Waals surface area contributed by atoms with E-state index in [1.165, 1.54) is 4.90 Å². The van der Waals surface area contributed by atoms with Crippen molar-refractivity contribution >= 4 is 17.7 Å². The van der Waals surface area contributed by atoms with Gasteiger partial charge in [0.1, 0.15) is 6.04 Å². The summed E-state index contributed by atoms with van der Waals surface area (Å²) in [7, 11) is 0. The average molecular weight is 214 g/mol. The third-order valence-electron chi connectivity index (χ3n) is 2.42. The number of primary amides is 1. The van der Waals surface area contributed by atoms with Crippen LogP contribution in [-0.4, -0.2) is 35.2 Å². The smallest absolute Gasteiger partial charge is 0.323 e. The van der Waals surface area contributed by atoms with Crippen molar-refractivity contribution in [2.24, 2.45) is 11.6 Å². The quantitative estimate of drug-likeness (QED) is 0.199. The number of amides is 3.